The van der Waals surface area contributed by atoms with Crippen molar-refractivity contribution in [3.8, 4) is 0 Å². The molecule has 1 aliphatic heterocycles. The second-order valence-electron chi connectivity index (χ2n) is 9.70. The maximum absolute atomic E-state index is 13.3. The zero-order chi connectivity index (χ0) is 24.3. The van der Waals surface area contributed by atoms with Gasteiger partial charge in [0.05, 0.1) is 12.1 Å². The molecule has 184 valence electrons. The minimum atomic E-state index is -0.159. The average molecular weight is 495 g/mol. The number of nitrogens with one attached hydrogen (secondary N) is 3. The summed E-state index contributed by atoms with van der Waals surface area (Å²) in [5.41, 5.74) is 2.77. The van der Waals surface area contributed by atoms with Crippen LogP contribution in [0.2, 0.25) is 5.15 Å². The smallest absolute Gasteiger partial charge is 0.268 e. The molecule has 4 heterocycles. The van der Waals surface area contributed by atoms with Gasteiger partial charge in [-0.25, -0.2) is 9.97 Å². The highest BCUT2D eigenvalue weighted by Crippen LogP contribution is 2.39. The van der Waals surface area contributed by atoms with Gasteiger partial charge in [-0.1, -0.05) is 43.0 Å². The molecule has 0 unspecified atom stereocenters. The number of carbonyl (C=O) groups is 2. The Morgan fingerprint density at radius 1 is 1.17 bits per heavy atom. The Kier molecular flexibility index (Phi) is 7.02. The van der Waals surface area contributed by atoms with Crippen LogP contribution in [0.25, 0.3) is 5.65 Å². The van der Waals surface area contributed by atoms with Gasteiger partial charge in [0.1, 0.15) is 16.5 Å². The van der Waals surface area contributed by atoms with Crippen molar-refractivity contribution in [3.05, 3.63) is 64.8 Å². The Balaban J connectivity index is 1.30. The van der Waals surface area contributed by atoms with Gasteiger partial charge in [-0.15, -0.1) is 0 Å². The zero-order valence-corrected chi connectivity index (χ0v) is 20.5. The van der Waals surface area contributed by atoms with Crippen LogP contribution in [0, 0.1) is 0 Å². The monoisotopic (exact) mass is 494 g/mol. The number of amides is 2. The van der Waals surface area contributed by atoms with Crippen LogP contribution in [-0.4, -0.2) is 51.9 Å². The normalized spacial score (nSPS) is 19.5. The second kappa shape index (κ2) is 10.3. The van der Waals surface area contributed by atoms with E-state index in [0.717, 1.165) is 50.8 Å². The van der Waals surface area contributed by atoms with Crippen molar-refractivity contribution in [1.29, 1.82) is 0 Å². The molecular formula is C26H31ClN6O2. The standard InChI is InChI=1S/C26H31ClN6O2/c27-22-8-7-18(14-29-22)26(10-2-1-3-11-26)17-30-25(35)21-5-4-6-23-31-20(16-33(21)23)13-24(34)32-19-9-12-28-15-19/h4-8,14,16,19,28H,1-3,9-13,15,17H2,(H,30,35)(H,32,34)/t19-/m1/s1. The van der Waals surface area contributed by atoms with E-state index >= 15 is 0 Å². The fourth-order valence-electron chi connectivity index (χ4n) is 5.38. The first kappa shape index (κ1) is 23.8. The lowest BCUT2D eigenvalue weighted by Gasteiger charge is -2.37. The molecule has 2 aliphatic rings. The summed E-state index contributed by atoms with van der Waals surface area (Å²) in [6.45, 7) is 2.26. The number of fused-ring (bicyclic) bond motifs is 1. The lowest BCUT2D eigenvalue weighted by Crippen LogP contribution is -2.42. The van der Waals surface area contributed by atoms with E-state index in [-0.39, 0.29) is 29.7 Å². The number of pyridine rings is 2. The van der Waals surface area contributed by atoms with Crippen LogP contribution in [0.4, 0.5) is 0 Å². The van der Waals surface area contributed by atoms with Crippen molar-refractivity contribution >= 4 is 29.1 Å². The van der Waals surface area contributed by atoms with Crippen molar-refractivity contribution in [2.75, 3.05) is 19.6 Å². The van der Waals surface area contributed by atoms with E-state index in [1.807, 2.05) is 30.5 Å². The first-order chi connectivity index (χ1) is 17.0. The number of halogens is 1. The third-order valence-corrected chi connectivity index (χ3v) is 7.50. The summed E-state index contributed by atoms with van der Waals surface area (Å²) in [4.78, 5) is 34.6. The number of hydrogen-bond acceptors (Lipinski definition) is 5. The number of hydrogen-bond donors (Lipinski definition) is 3. The summed E-state index contributed by atoms with van der Waals surface area (Å²) in [7, 11) is 0. The highest BCUT2D eigenvalue weighted by atomic mass is 35.5. The van der Waals surface area contributed by atoms with E-state index in [0.29, 0.717) is 28.7 Å². The highest BCUT2D eigenvalue weighted by molar-refractivity contribution is 6.29. The lowest BCUT2D eigenvalue weighted by molar-refractivity contribution is -0.121. The van der Waals surface area contributed by atoms with E-state index < -0.39 is 0 Å². The van der Waals surface area contributed by atoms with Crippen LogP contribution in [0.15, 0.2) is 42.7 Å². The molecule has 1 atom stereocenters. The zero-order valence-electron chi connectivity index (χ0n) is 19.7. The first-order valence-electron chi connectivity index (χ1n) is 12.4. The third kappa shape index (κ3) is 5.33. The average Bonchev–Trinajstić information content (AvgIpc) is 3.52. The molecule has 0 spiro atoms. The second-order valence-corrected chi connectivity index (χ2v) is 10.1. The van der Waals surface area contributed by atoms with Crippen molar-refractivity contribution < 1.29 is 9.59 Å². The predicted molar refractivity (Wildman–Crippen MR) is 135 cm³/mol. The van der Waals surface area contributed by atoms with E-state index in [9.17, 15) is 9.59 Å². The molecule has 2 fully saturated rings. The summed E-state index contributed by atoms with van der Waals surface area (Å²) >= 11 is 6.02. The summed E-state index contributed by atoms with van der Waals surface area (Å²) in [5, 5.41) is 9.94. The molecule has 1 saturated heterocycles. The van der Waals surface area contributed by atoms with Crippen LogP contribution >= 0.6 is 11.6 Å². The van der Waals surface area contributed by atoms with Crippen LogP contribution in [0.3, 0.4) is 0 Å². The predicted octanol–water partition coefficient (Wildman–Crippen LogP) is 3.04. The molecule has 35 heavy (non-hydrogen) atoms. The molecular weight excluding hydrogens is 464 g/mol. The molecule has 1 saturated carbocycles. The van der Waals surface area contributed by atoms with E-state index in [4.69, 9.17) is 11.6 Å². The maximum atomic E-state index is 13.3. The third-order valence-electron chi connectivity index (χ3n) is 7.28. The summed E-state index contributed by atoms with van der Waals surface area (Å²) in [6.07, 6.45) is 10.2. The topological polar surface area (TPSA) is 100 Å². The molecule has 0 radical (unpaired) electrons. The van der Waals surface area contributed by atoms with Crippen LogP contribution in [0.1, 0.15) is 60.3 Å². The van der Waals surface area contributed by atoms with E-state index in [2.05, 4.69) is 25.9 Å². The fraction of sp³-hybridized carbons (Fsp3) is 0.462. The van der Waals surface area contributed by atoms with Crippen LogP contribution in [-0.2, 0) is 16.6 Å². The van der Waals surface area contributed by atoms with Gasteiger partial charge >= 0.3 is 0 Å². The number of nitrogens with zero attached hydrogens (tertiary/aromatic N) is 3. The molecule has 2 amide bonds. The Morgan fingerprint density at radius 3 is 2.77 bits per heavy atom. The molecule has 0 aromatic carbocycles. The van der Waals surface area contributed by atoms with Crippen molar-refractivity contribution in [2.24, 2.45) is 0 Å². The number of carbonyl (C=O) groups excluding carboxylic acids is 2. The van der Waals surface area contributed by atoms with Crippen molar-refractivity contribution in [1.82, 2.24) is 30.3 Å². The highest BCUT2D eigenvalue weighted by Gasteiger charge is 2.35. The quantitative estimate of drug-likeness (QED) is 0.438. The van der Waals surface area contributed by atoms with Gasteiger partial charge in [0.15, 0.2) is 0 Å². The van der Waals surface area contributed by atoms with Gasteiger partial charge in [-0.2, -0.15) is 0 Å². The Bertz CT molecular complexity index is 1200. The first-order valence-corrected chi connectivity index (χ1v) is 12.8. The molecule has 0 bridgehead atoms. The fourth-order valence-corrected chi connectivity index (χ4v) is 5.49. The molecule has 3 aromatic heterocycles. The number of rotatable bonds is 7. The minimum Gasteiger partial charge on any atom is -0.352 e. The van der Waals surface area contributed by atoms with Crippen molar-refractivity contribution in [2.45, 2.75) is 56.4 Å². The van der Waals surface area contributed by atoms with Gasteiger partial charge in [0.25, 0.3) is 5.91 Å². The number of imidazole rings is 1. The van der Waals surface area contributed by atoms with E-state index in [1.54, 1.807) is 16.7 Å². The summed E-state index contributed by atoms with van der Waals surface area (Å²) in [6, 6.07) is 9.48. The molecule has 8 nitrogen and oxygen atoms in total. The van der Waals surface area contributed by atoms with Gasteiger partial charge < -0.3 is 16.0 Å². The Hall–Kier alpha value is -2.97. The van der Waals surface area contributed by atoms with Gasteiger partial charge in [-0.05, 0) is 49.6 Å². The molecule has 3 aromatic rings. The lowest BCUT2D eigenvalue weighted by atomic mass is 9.70. The molecule has 5 rings (SSSR count). The van der Waals surface area contributed by atoms with Gasteiger partial charge in [-0.3, -0.25) is 14.0 Å². The maximum Gasteiger partial charge on any atom is 0.268 e. The largest absolute Gasteiger partial charge is 0.352 e. The van der Waals surface area contributed by atoms with Crippen LogP contribution in [0.5, 0.6) is 0 Å². The van der Waals surface area contributed by atoms with Gasteiger partial charge in [0.2, 0.25) is 5.91 Å². The number of aromatic nitrogens is 3. The summed E-state index contributed by atoms with van der Waals surface area (Å²) in [5.74, 6) is -0.211. The van der Waals surface area contributed by atoms with E-state index in [1.165, 1.54) is 6.42 Å². The molecule has 1 aliphatic carbocycles. The summed E-state index contributed by atoms with van der Waals surface area (Å²) < 4.78 is 1.77. The molecule has 3 N–H and O–H groups in total. The molecule has 9 heteroatoms. The van der Waals surface area contributed by atoms with Gasteiger partial charge in [0, 0.05) is 36.9 Å². The Labute approximate surface area is 209 Å². The Morgan fingerprint density at radius 2 is 2.03 bits per heavy atom. The SMILES string of the molecule is O=C(Cc1cn2c(C(=O)NCC3(c4ccc(Cl)nc4)CCCCC3)cccc2n1)N[C@@H]1CCNC1. The minimum absolute atomic E-state index is 0.0519. The van der Waals surface area contributed by atoms with Crippen LogP contribution < -0.4 is 16.0 Å². The van der Waals surface area contributed by atoms with Crippen molar-refractivity contribution in [3.63, 3.8) is 0 Å².